The van der Waals surface area contributed by atoms with Gasteiger partial charge in [0.2, 0.25) is 5.91 Å². The van der Waals surface area contributed by atoms with E-state index in [4.69, 9.17) is 4.74 Å². The first-order chi connectivity index (χ1) is 11.5. The topological polar surface area (TPSA) is 79.5 Å². The molecule has 24 heavy (non-hydrogen) atoms. The van der Waals surface area contributed by atoms with Crippen LogP contribution in [0.1, 0.15) is 6.92 Å². The van der Waals surface area contributed by atoms with E-state index in [0.29, 0.717) is 11.4 Å². The molecule has 3 N–H and O–H groups in total. The number of halogens is 1. The van der Waals surface area contributed by atoms with Crippen LogP contribution in [0.5, 0.6) is 5.75 Å². The van der Waals surface area contributed by atoms with Gasteiger partial charge in [-0.25, -0.2) is 9.18 Å². The van der Waals surface area contributed by atoms with Crippen LogP contribution < -0.4 is 20.7 Å². The first-order valence-electron chi connectivity index (χ1n) is 7.34. The van der Waals surface area contributed by atoms with Crippen molar-refractivity contribution in [3.63, 3.8) is 0 Å². The molecular formula is C17H18FN3O3. The fraction of sp³-hybridized carbons (Fsp3) is 0.176. The van der Waals surface area contributed by atoms with E-state index in [1.165, 1.54) is 19.1 Å². The van der Waals surface area contributed by atoms with E-state index in [-0.39, 0.29) is 24.8 Å². The third kappa shape index (κ3) is 5.60. The summed E-state index contributed by atoms with van der Waals surface area (Å²) in [6.45, 7) is 1.76. The number of benzene rings is 2. The van der Waals surface area contributed by atoms with Crippen LogP contribution in [0.25, 0.3) is 0 Å². The van der Waals surface area contributed by atoms with Crippen molar-refractivity contribution in [3.05, 3.63) is 54.3 Å². The van der Waals surface area contributed by atoms with Crippen LogP contribution in [0.3, 0.4) is 0 Å². The van der Waals surface area contributed by atoms with Gasteiger partial charge in [-0.05, 0) is 30.3 Å². The largest absolute Gasteiger partial charge is 0.489 e. The third-order valence-electron chi connectivity index (χ3n) is 2.92. The van der Waals surface area contributed by atoms with Crippen molar-refractivity contribution in [2.75, 3.05) is 23.8 Å². The summed E-state index contributed by atoms with van der Waals surface area (Å²) in [6, 6.07) is 12.4. The molecule has 0 aromatic heterocycles. The van der Waals surface area contributed by atoms with Gasteiger partial charge in [0.15, 0.2) is 11.6 Å². The number of amides is 3. The molecular weight excluding hydrogens is 313 g/mol. The number of carbonyl (C=O) groups excluding carboxylic acids is 2. The fourth-order valence-electron chi connectivity index (χ4n) is 1.94. The normalized spacial score (nSPS) is 9.92. The molecule has 0 spiro atoms. The van der Waals surface area contributed by atoms with Crippen LogP contribution >= 0.6 is 0 Å². The Morgan fingerprint density at radius 1 is 1.04 bits per heavy atom. The standard InChI is InChI=1S/C17H18FN3O3/c1-12(22)20-13-5-4-6-14(11-13)21-17(23)19-9-10-24-16-8-3-2-7-15(16)18/h2-8,11H,9-10H2,1H3,(H,20,22)(H2,19,21,23). The Morgan fingerprint density at radius 3 is 2.46 bits per heavy atom. The molecule has 0 aliphatic heterocycles. The van der Waals surface area contributed by atoms with Crippen LogP contribution in [-0.4, -0.2) is 25.1 Å². The number of ether oxygens (including phenoxy) is 1. The first-order valence-corrected chi connectivity index (χ1v) is 7.34. The zero-order valence-corrected chi connectivity index (χ0v) is 13.1. The maximum atomic E-state index is 13.3. The minimum Gasteiger partial charge on any atom is -0.489 e. The number of carbonyl (C=O) groups is 2. The van der Waals surface area contributed by atoms with E-state index in [9.17, 15) is 14.0 Å². The van der Waals surface area contributed by atoms with Gasteiger partial charge in [-0.2, -0.15) is 0 Å². The predicted octanol–water partition coefficient (Wildman–Crippen LogP) is 2.98. The second-order valence-corrected chi connectivity index (χ2v) is 4.92. The second-order valence-electron chi connectivity index (χ2n) is 4.92. The van der Waals surface area contributed by atoms with Crippen molar-refractivity contribution in [1.82, 2.24) is 5.32 Å². The molecule has 2 rings (SSSR count). The number of rotatable bonds is 6. The minimum atomic E-state index is -0.447. The lowest BCUT2D eigenvalue weighted by Gasteiger charge is -2.10. The number of nitrogens with one attached hydrogen (secondary N) is 3. The third-order valence-corrected chi connectivity index (χ3v) is 2.92. The van der Waals surface area contributed by atoms with Crippen molar-refractivity contribution >= 4 is 23.3 Å². The molecule has 0 bridgehead atoms. The molecule has 126 valence electrons. The molecule has 7 heteroatoms. The summed E-state index contributed by atoms with van der Waals surface area (Å²) in [6.07, 6.45) is 0. The van der Waals surface area contributed by atoms with E-state index in [2.05, 4.69) is 16.0 Å². The number of para-hydroxylation sites is 1. The summed E-state index contributed by atoms with van der Waals surface area (Å²) in [5.74, 6) is -0.499. The Hall–Kier alpha value is -3.09. The van der Waals surface area contributed by atoms with E-state index in [0.717, 1.165) is 0 Å². The van der Waals surface area contributed by atoms with Crippen LogP contribution in [0.4, 0.5) is 20.6 Å². The Labute approximate surface area is 139 Å². The van der Waals surface area contributed by atoms with Gasteiger partial charge in [0, 0.05) is 18.3 Å². The van der Waals surface area contributed by atoms with Crippen molar-refractivity contribution in [2.45, 2.75) is 6.92 Å². The Kier molecular flexibility index (Phi) is 6.13. The molecule has 2 aromatic rings. The minimum absolute atomic E-state index is 0.139. The quantitative estimate of drug-likeness (QED) is 0.712. The predicted molar refractivity (Wildman–Crippen MR) is 89.7 cm³/mol. The fourth-order valence-corrected chi connectivity index (χ4v) is 1.94. The summed E-state index contributed by atoms with van der Waals surface area (Å²) < 4.78 is 18.6. The van der Waals surface area contributed by atoms with Gasteiger partial charge in [0.1, 0.15) is 6.61 Å². The molecule has 0 radical (unpaired) electrons. The summed E-state index contributed by atoms with van der Waals surface area (Å²) in [5.41, 5.74) is 1.12. The molecule has 0 fully saturated rings. The van der Waals surface area contributed by atoms with Crippen LogP contribution in [0, 0.1) is 5.82 Å². The maximum absolute atomic E-state index is 13.3. The van der Waals surface area contributed by atoms with Crippen LogP contribution in [0.2, 0.25) is 0 Å². The molecule has 2 aromatic carbocycles. The number of hydrogen-bond donors (Lipinski definition) is 3. The van der Waals surface area contributed by atoms with Gasteiger partial charge < -0.3 is 20.7 Å². The lowest BCUT2D eigenvalue weighted by atomic mass is 10.3. The lowest BCUT2D eigenvalue weighted by molar-refractivity contribution is -0.114. The molecule has 3 amide bonds. The van der Waals surface area contributed by atoms with Gasteiger partial charge in [-0.1, -0.05) is 18.2 Å². The maximum Gasteiger partial charge on any atom is 0.319 e. The highest BCUT2D eigenvalue weighted by Crippen LogP contribution is 2.15. The average molecular weight is 331 g/mol. The molecule has 0 unspecified atom stereocenters. The molecule has 0 saturated carbocycles. The van der Waals surface area contributed by atoms with E-state index >= 15 is 0 Å². The van der Waals surface area contributed by atoms with Gasteiger partial charge >= 0.3 is 6.03 Å². The van der Waals surface area contributed by atoms with E-state index in [1.807, 2.05) is 0 Å². The second kappa shape index (κ2) is 8.52. The molecule has 0 heterocycles. The van der Waals surface area contributed by atoms with Crippen molar-refractivity contribution in [3.8, 4) is 5.75 Å². The molecule has 0 atom stereocenters. The Morgan fingerprint density at radius 2 is 1.75 bits per heavy atom. The van der Waals surface area contributed by atoms with Gasteiger partial charge in [-0.15, -0.1) is 0 Å². The van der Waals surface area contributed by atoms with Crippen molar-refractivity contribution in [2.24, 2.45) is 0 Å². The highest BCUT2D eigenvalue weighted by molar-refractivity contribution is 5.92. The average Bonchev–Trinajstić information content (AvgIpc) is 2.53. The Balaban J connectivity index is 1.75. The van der Waals surface area contributed by atoms with Crippen LogP contribution in [0.15, 0.2) is 48.5 Å². The zero-order valence-electron chi connectivity index (χ0n) is 13.1. The van der Waals surface area contributed by atoms with Crippen molar-refractivity contribution < 1.29 is 18.7 Å². The molecule has 0 aliphatic rings. The number of anilines is 2. The van der Waals surface area contributed by atoms with Gasteiger partial charge in [0.25, 0.3) is 0 Å². The number of urea groups is 1. The first kappa shape index (κ1) is 17.3. The highest BCUT2D eigenvalue weighted by Gasteiger charge is 2.04. The summed E-state index contributed by atoms with van der Waals surface area (Å²) in [7, 11) is 0. The SMILES string of the molecule is CC(=O)Nc1cccc(NC(=O)NCCOc2ccccc2F)c1. The number of hydrogen-bond acceptors (Lipinski definition) is 3. The van der Waals surface area contributed by atoms with Gasteiger partial charge in [-0.3, -0.25) is 4.79 Å². The lowest BCUT2D eigenvalue weighted by Crippen LogP contribution is -2.32. The summed E-state index contributed by atoms with van der Waals surface area (Å²) in [5, 5.41) is 7.86. The van der Waals surface area contributed by atoms with Gasteiger partial charge in [0.05, 0.1) is 6.54 Å². The monoisotopic (exact) mass is 331 g/mol. The van der Waals surface area contributed by atoms with E-state index in [1.54, 1.807) is 36.4 Å². The zero-order chi connectivity index (χ0) is 17.4. The Bertz CT molecular complexity index is 722. The molecule has 0 aliphatic carbocycles. The summed E-state index contributed by atoms with van der Waals surface area (Å²) in [4.78, 5) is 22.8. The van der Waals surface area contributed by atoms with Crippen molar-refractivity contribution in [1.29, 1.82) is 0 Å². The smallest absolute Gasteiger partial charge is 0.319 e. The molecule has 6 nitrogen and oxygen atoms in total. The molecule has 0 saturated heterocycles. The highest BCUT2D eigenvalue weighted by atomic mass is 19.1. The summed E-state index contributed by atoms with van der Waals surface area (Å²) >= 11 is 0. The van der Waals surface area contributed by atoms with E-state index < -0.39 is 11.8 Å². The van der Waals surface area contributed by atoms with Crippen LogP contribution in [-0.2, 0) is 4.79 Å².